The fraction of sp³-hybridized carbons (Fsp3) is 0.276. The molecule has 3 aromatic rings. The van der Waals surface area contributed by atoms with Crippen LogP contribution in [0.1, 0.15) is 36.0 Å². The highest BCUT2D eigenvalue weighted by Gasteiger charge is 2.53. The second kappa shape index (κ2) is 8.97. The Kier molecular flexibility index (Phi) is 5.70. The number of phenolic OH excluding ortho intramolecular Hbond substituents is 1. The van der Waals surface area contributed by atoms with Crippen LogP contribution in [0.25, 0.3) is 11.1 Å². The molecule has 6 rings (SSSR count). The van der Waals surface area contributed by atoms with Crippen LogP contribution in [0.15, 0.2) is 66.7 Å². The van der Waals surface area contributed by atoms with E-state index in [1.54, 1.807) is 41.3 Å². The van der Waals surface area contributed by atoms with E-state index >= 15 is 0 Å². The van der Waals surface area contributed by atoms with Gasteiger partial charge in [0.1, 0.15) is 11.8 Å². The summed E-state index contributed by atoms with van der Waals surface area (Å²) in [7, 11) is 0. The second-order valence-electron chi connectivity index (χ2n) is 9.81. The lowest BCUT2D eigenvalue weighted by molar-refractivity contribution is -0.165. The molecule has 0 radical (unpaired) electrons. The molecule has 194 valence electrons. The van der Waals surface area contributed by atoms with Crippen LogP contribution in [0.2, 0.25) is 0 Å². The maximum atomic E-state index is 13.7. The molecule has 4 unspecified atom stereocenters. The number of ether oxygens (including phenoxy) is 2. The number of fused-ring (bicyclic) bond motifs is 5. The van der Waals surface area contributed by atoms with Gasteiger partial charge in [-0.2, -0.15) is 0 Å². The summed E-state index contributed by atoms with van der Waals surface area (Å²) in [6.07, 6.45) is -0.510. The highest BCUT2D eigenvalue weighted by Crippen LogP contribution is 2.53. The fourth-order valence-corrected chi connectivity index (χ4v) is 5.90. The van der Waals surface area contributed by atoms with Gasteiger partial charge in [-0.3, -0.25) is 9.59 Å². The Hall–Kier alpha value is -4.21. The van der Waals surface area contributed by atoms with E-state index in [1.165, 1.54) is 6.92 Å². The van der Waals surface area contributed by atoms with Crippen LogP contribution in [-0.4, -0.2) is 58.2 Å². The molecular formula is C29H26N2O7. The number of carboxylic acids is 1. The number of hydrogen-bond donors (Lipinski definition) is 3. The quantitative estimate of drug-likeness (QED) is 0.487. The molecule has 0 saturated carbocycles. The zero-order valence-electron chi connectivity index (χ0n) is 20.6. The smallest absolute Gasteiger partial charge is 0.335 e. The van der Waals surface area contributed by atoms with Crippen molar-refractivity contribution in [2.75, 3.05) is 18.5 Å². The number of nitrogens with zero attached hydrogens (tertiary/aromatic N) is 1. The highest BCUT2D eigenvalue weighted by molar-refractivity contribution is 5.99. The van der Waals surface area contributed by atoms with E-state index < -0.39 is 23.9 Å². The summed E-state index contributed by atoms with van der Waals surface area (Å²) in [6, 6.07) is 18.9. The van der Waals surface area contributed by atoms with Crippen molar-refractivity contribution in [2.24, 2.45) is 0 Å². The van der Waals surface area contributed by atoms with Gasteiger partial charge in [-0.15, -0.1) is 0 Å². The molecule has 9 nitrogen and oxygen atoms in total. The first kappa shape index (κ1) is 24.1. The molecule has 38 heavy (non-hydrogen) atoms. The molecule has 3 aliphatic rings. The van der Waals surface area contributed by atoms with Crippen molar-refractivity contribution >= 4 is 23.5 Å². The van der Waals surface area contributed by atoms with E-state index in [2.05, 4.69) is 5.32 Å². The number of rotatable bonds is 4. The van der Waals surface area contributed by atoms with Crippen LogP contribution in [0.5, 0.6) is 5.75 Å². The summed E-state index contributed by atoms with van der Waals surface area (Å²) < 4.78 is 12.0. The third kappa shape index (κ3) is 3.74. The molecular weight excluding hydrogens is 488 g/mol. The molecule has 0 bridgehead atoms. The first-order valence-corrected chi connectivity index (χ1v) is 12.4. The van der Waals surface area contributed by atoms with Gasteiger partial charge in [-0.05, 0) is 47.4 Å². The fourth-order valence-electron chi connectivity index (χ4n) is 5.90. The highest BCUT2D eigenvalue weighted by atomic mass is 16.8. The van der Waals surface area contributed by atoms with Crippen LogP contribution in [-0.2, 0) is 29.6 Å². The van der Waals surface area contributed by atoms with E-state index in [-0.39, 0.29) is 30.1 Å². The molecule has 4 atom stereocenters. The Bertz CT molecular complexity index is 1450. The molecule has 2 heterocycles. The van der Waals surface area contributed by atoms with E-state index in [0.717, 1.165) is 16.7 Å². The molecule has 3 aromatic carbocycles. The monoisotopic (exact) mass is 514 g/mol. The summed E-state index contributed by atoms with van der Waals surface area (Å²) in [6.45, 7) is 1.78. The maximum absolute atomic E-state index is 13.7. The van der Waals surface area contributed by atoms with Crippen molar-refractivity contribution in [3.05, 3.63) is 83.4 Å². The van der Waals surface area contributed by atoms with E-state index in [1.807, 2.05) is 30.3 Å². The number of carboxylic acid groups (broad SMARTS) is 1. The zero-order chi connectivity index (χ0) is 26.6. The second-order valence-corrected chi connectivity index (χ2v) is 9.81. The SMILES string of the molecule is CC(=O)N1CCC(c2ccc(O)cc2)C1C(=O)Nc1ccc2c(c1)C1(OCC(C(=O)O)O1)c1ccccc1-2. The third-order valence-electron chi connectivity index (χ3n) is 7.63. The predicted molar refractivity (Wildman–Crippen MR) is 136 cm³/mol. The Labute approximate surface area is 218 Å². The number of nitrogens with one attached hydrogen (secondary N) is 1. The van der Waals surface area contributed by atoms with E-state index in [0.29, 0.717) is 29.8 Å². The lowest BCUT2D eigenvalue weighted by Gasteiger charge is -2.27. The van der Waals surface area contributed by atoms with Gasteiger partial charge in [0.25, 0.3) is 0 Å². The van der Waals surface area contributed by atoms with Crippen LogP contribution in [0, 0.1) is 0 Å². The summed E-state index contributed by atoms with van der Waals surface area (Å²) >= 11 is 0. The van der Waals surface area contributed by atoms with Crippen LogP contribution < -0.4 is 5.32 Å². The molecule has 2 aliphatic heterocycles. The van der Waals surface area contributed by atoms with Gasteiger partial charge in [-0.25, -0.2) is 4.79 Å². The minimum Gasteiger partial charge on any atom is -0.508 e. The first-order valence-electron chi connectivity index (χ1n) is 12.4. The van der Waals surface area contributed by atoms with Crippen molar-refractivity contribution in [1.82, 2.24) is 4.90 Å². The van der Waals surface area contributed by atoms with Gasteiger partial charge < -0.3 is 29.9 Å². The standard InChI is InChI=1S/C29H26N2O7/c1-16(32)31-13-12-20(17-6-9-19(33)10-7-17)26(31)27(34)30-18-8-11-22-21-4-2-3-5-23(21)29(24(22)14-18)37-15-25(38-29)28(35)36/h2-11,14,20,25-26,33H,12-13,15H2,1H3,(H,30,34)(H,35,36). The average Bonchev–Trinajstić information content (AvgIpc) is 3.61. The minimum atomic E-state index is -1.39. The average molecular weight is 515 g/mol. The number of likely N-dealkylation sites (tertiary alicyclic amines) is 1. The topological polar surface area (TPSA) is 125 Å². The summed E-state index contributed by atoms with van der Waals surface area (Å²) in [4.78, 5) is 39.3. The summed E-state index contributed by atoms with van der Waals surface area (Å²) in [5, 5.41) is 22.2. The zero-order valence-corrected chi connectivity index (χ0v) is 20.6. The minimum absolute atomic E-state index is 0.107. The van der Waals surface area contributed by atoms with Crippen molar-refractivity contribution in [3.63, 3.8) is 0 Å². The Balaban J connectivity index is 1.34. The molecule has 1 spiro atoms. The van der Waals surface area contributed by atoms with Gasteiger partial charge in [-0.1, -0.05) is 42.5 Å². The Morgan fingerprint density at radius 1 is 1.00 bits per heavy atom. The molecule has 1 aliphatic carbocycles. The third-order valence-corrected chi connectivity index (χ3v) is 7.63. The van der Waals surface area contributed by atoms with Gasteiger partial charge in [0.15, 0.2) is 6.10 Å². The largest absolute Gasteiger partial charge is 0.508 e. The molecule has 3 N–H and O–H groups in total. The molecule has 2 fully saturated rings. The van der Waals surface area contributed by atoms with Gasteiger partial charge in [0.05, 0.1) is 6.61 Å². The van der Waals surface area contributed by atoms with Crippen molar-refractivity contribution in [2.45, 2.75) is 37.2 Å². The lowest BCUT2D eigenvalue weighted by Crippen LogP contribution is -2.44. The summed E-state index contributed by atoms with van der Waals surface area (Å²) in [5.41, 5.74) is 4.38. The normalized spacial score (nSPS) is 25.3. The van der Waals surface area contributed by atoms with Crippen LogP contribution in [0.4, 0.5) is 5.69 Å². The first-order chi connectivity index (χ1) is 18.3. The Morgan fingerprint density at radius 3 is 2.45 bits per heavy atom. The molecule has 2 amide bonds. The van der Waals surface area contributed by atoms with Crippen LogP contribution >= 0.6 is 0 Å². The van der Waals surface area contributed by atoms with Crippen molar-refractivity contribution in [1.29, 1.82) is 0 Å². The number of aromatic hydroxyl groups is 1. The van der Waals surface area contributed by atoms with E-state index in [4.69, 9.17) is 9.47 Å². The van der Waals surface area contributed by atoms with Crippen molar-refractivity contribution in [3.8, 4) is 16.9 Å². The molecule has 0 aromatic heterocycles. The molecule has 2 saturated heterocycles. The van der Waals surface area contributed by atoms with Gasteiger partial charge in [0, 0.05) is 36.2 Å². The predicted octanol–water partition coefficient (Wildman–Crippen LogP) is 3.42. The number of carbonyl (C=O) groups is 3. The van der Waals surface area contributed by atoms with Crippen LogP contribution in [0.3, 0.4) is 0 Å². The number of benzene rings is 3. The Morgan fingerprint density at radius 2 is 1.74 bits per heavy atom. The number of phenols is 1. The number of carbonyl (C=O) groups excluding carboxylic acids is 2. The van der Waals surface area contributed by atoms with Gasteiger partial charge in [0.2, 0.25) is 17.6 Å². The number of amides is 2. The number of aliphatic carboxylic acids is 1. The molecule has 9 heteroatoms. The van der Waals surface area contributed by atoms with E-state index in [9.17, 15) is 24.6 Å². The lowest BCUT2D eigenvalue weighted by atomic mass is 9.91. The maximum Gasteiger partial charge on any atom is 0.335 e. The number of anilines is 1. The van der Waals surface area contributed by atoms with Crippen molar-refractivity contribution < 1.29 is 34.1 Å². The summed E-state index contributed by atoms with van der Waals surface area (Å²) in [5.74, 6) is -3.13. The number of hydrogen-bond acceptors (Lipinski definition) is 6. The van der Waals surface area contributed by atoms with Gasteiger partial charge >= 0.3 is 5.97 Å².